The highest BCUT2D eigenvalue weighted by molar-refractivity contribution is 7.80. The normalized spacial score (nSPS) is 32.0. The first-order valence-corrected chi connectivity index (χ1v) is 10.0. The third-order valence-electron chi connectivity index (χ3n) is 6.08. The average Bonchev–Trinajstić information content (AvgIpc) is 2.56. The number of nitrogens with one attached hydrogen (secondary N) is 2. The highest BCUT2D eigenvalue weighted by Gasteiger charge is 2.51. The zero-order valence-corrected chi connectivity index (χ0v) is 16.0. The number of phenolic OH excluding ortho intramolecular Hbond substituents is 1. The molecule has 0 amide bonds. The highest BCUT2D eigenvalue weighted by atomic mass is 32.1. The van der Waals surface area contributed by atoms with Crippen molar-refractivity contribution in [1.29, 1.82) is 0 Å². The van der Waals surface area contributed by atoms with Gasteiger partial charge in [0.1, 0.15) is 0 Å². The number of nitrogens with zero attached hydrogens (tertiary/aromatic N) is 1. The zero-order chi connectivity index (χ0) is 18.1. The minimum Gasteiger partial charge on any atom is -0.504 e. The first kappa shape index (κ1) is 17.6. The SMILES string of the molecule is CCOc1cc(/C=N\NC(=S)NC23CC4CC(CC(C4)C2)C3)ccc1O. The number of aromatic hydroxyl groups is 1. The fraction of sp³-hybridized carbons (Fsp3) is 0.600. The predicted molar refractivity (Wildman–Crippen MR) is 107 cm³/mol. The molecule has 0 spiro atoms. The molecule has 1 aromatic rings. The van der Waals surface area contributed by atoms with Gasteiger partial charge < -0.3 is 15.2 Å². The van der Waals surface area contributed by atoms with E-state index in [4.69, 9.17) is 17.0 Å². The Morgan fingerprint density at radius 2 is 1.92 bits per heavy atom. The minimum atomic E-state index is 0.135. The summed E-state index contributed by atoms with van der Waals surface area (Å²) in [5.74, 6) is 3.25. The first-order valence-electron chi connectivity index (χ1n) is 9.62. The molecule has 0 heterocycles. The van der Waals surface area contributed by atoms with E-state index in [1.165, 1.54) is 38.5 Å². The third kappa shape index (κ3) is 3.65. The lowest BCUT2D eigenvalue weighted by molar-refractivity contribution is -0.0101. The number of ether oxygens (including phenoxy) is 1. The summed E-state index contributed by atoms with van der Waals surface area (Å²) in [5.41, 5.74) is 3.99. The molecule has 4 saturated carbocycles. The topological polar surface area (TPSA) is 65.9 Å². The first-order chi connectivity index (χ1) is 12.5. The lowest BCUT2D eigenvalue weighted by atomic mass is 9.53. The zero-order valence-electron chi connectivity index (χ0n) is 15.2. The van der Waals surface area contributed by atoms with E-state index in [9.17, 15) is 5.11 Å². The number of benzene rings is 1. The Kier molecular flexibility index (Phi) is 4.78. The van der Waals surface area contributed by atoms with Gasteiger partial charge in [0.05, 0.1) is 12.8 Å². The molecule has 4 aliphatic carbocycles. The van der Waals surface area contributed by atoms with Crippen LogP contribution in [0.3, 0.4) is 0 Å². The van der Waals surface area contributed by atoms with Crippen molar-refractivity contribution in [2.24, 2.45) is 22.9 Å². The molecule has 5 nitrogen and oxygen atoms in total. The van der Waals surface area contributed by atoms with Crippen molar-refractivity contribution in [3.63, 3.8) is 0 Å². The molecular formula is C20H27N3O2S. The second-order valence-corrected chi connectivity index (χ2v) is 8.59. The maximum Gasteiger partial charge on any atom is 0.187 e. The molecule has 4 fully saturated rings. The summed E-state index contributed by atoms with van der Waals surface area (Å²) in [5, 5.41) is 18.2. The largest absolute Gasteiger partial charge is 0.504 e. The lowest BCUT2D eigenvalue weighted by Gasteiger charge is -2.57. The number of thiocarbonyl (C=S) groups is 1. The Hall–Kier alpha value is -1.82. The van der Waals surface area contributed by atoms with Crippen LogP contribution in [-0.2, 0) is 0 Å². The van der Waals surface area contributed by atoms with Crippen LogP contribution in [0.2, 0.25) is 0 Å². The number of hydrazone groups is 1. The Morgan fingerprint density at radius 1 is 1.27 bits per heavy atom. The number of hydrogen-bond donors (Lipinski definition) is 3. The lowest BCUT2D eigenvalue weighted by Crippen LogP contribution is -2.61. The summed E-state index contributed by atoms with van der Waals surface area (Å²) in [4.78, 5) is 0. The number of hydrogen-bond acceptors (Lipinski definition) is 4. The van der Waals surface area contributed by atoms with E-state index in [1.807, 2.05) is 6.92 Å². The van der Waals surface area contributed by atoms with E-state index >= 15 is 0 Å². The smallest absolute Gasteiger partial charge is 0.187 e. The molecule has 0 aromatic heterocycles. The molecule has 3 N–H and O–H groups in total. The Morgan fingerprint density at radius 3 is 2.54 bits per heavy atom. The molecule has 6 heteroatoms. The Bertz CT molecular complexity index is 684. The fourth-order valence-electron chi connectivity index (χ4n) is 5.58. The van der Waals surface area contributed by atoms with Gasteiger partial charge in [0.15, 0.2) is 16.6 Å². The molecule has 4 bridgehead atoms. The van der Waals surface area contributed by atoms with Crippen LogP contribution in [0, 0.1) is 17.8 Å². The maximum absolute atomic E-state index is 9.75. The third-order valence-corrected chi connectivity index (χ3v) is 6.27. The molecule has 140 valence electrons. The van der Waals surface area contributed by atoms with E-state index in [1.54, 1.807) is 24.4 Å². The second-order valence-electron chi connectivity index (χ2n) is 8.18. The van der Waals surface area contributed by atoms with Crippen LogP contribution < -0.4 is 15.5 Å². The molecule has 0 atom stereocenters. The van der Waals surface area contributed by atoms with Gasteiger partial charge in [-0.25, -0.2) is 0 Å². The second kappa shape index (κ2) is 7.06. The van der Waals surface area contributed by atoms with E-state index in [2.05, 4.69) is 15.8 Å². The van der Waals surface area contributed by atoms with Gasteiger partial charge in [-0.2, -0.15) is 5.10 Å². The van der Waals surface area contributed by atoms with Crippen molar-refractivity contribution in [3.8, 4) is 11.5 Å². The van der Waals surface area contributed by atoms with Crippen molar-refractivity contribution in [2.45, 2.75) is 51.0 Å². The summed E-state index contributed by atoms with van der Waals surface area (Å²) in [7, 11) is 0. The molecular weight excluding hydrogens is 346 g/mol. The van der Waals surface area contributed by atoms with E-state index < -0.39 is 0 Å². The summed E-state index contributed by atoms with van der Waals surface area (Å²) < 4.78 is 5.39. The molecule has 0 saturated heterocycles. The Labute approximate surface area is 160 Å². The number of rotatable bonds is 5. The van der Waals surface area contributed by atoms with Gasteiger partial charge >= 0.3 is 0 Å². The van der Waals surface area contributed by atoms with Crippen LogP contribution in [0.25, 0.3) is 0 Å². The van der Waals surface area contributed by atoms with Crippen molar-refractivity contribution < 1.29 is 9.84 Å². The van der Waals surface area contributed by atoms with Crippen molar-refractivity contribution in [2.75, 3.05) is 6.61 Å². The summed E-state index contributed by atoms with van der Waals surface area (Å²) in [6, 6.07) is 5.16. The van der Waals surface area contributed by atoms with Gasteiger partial charge in [-0.15, -0.1) is 0 Å². The summed E-state index contributed by atoms with van der Waals surface area (Å²) >= 11 is 5.49. The standard InChI is InChI=1S/C20H27N3O2S/c1-2-25-18-8-13(3-4-17(18)24)12-21-23-19(26)22-20-9-14-5-15(10-20)7-16(6-14)11-20/h3-4,8,12,14-16,24H,2,5-7,9-11H2,1H3,(H2,22,23,26)/b21-12-. The Balaban J connectivity index is 1.34. The fourth-order valence-corrected chi connectivity index (χ4v) is 5.85. The molecule has 0 unspecified atom stereocenters. The monoisotopic (exact) mass is 373 g/mol. The van der Waals surface area contributed by atoms with Gasteiger partial charge in [-0.05, 0) is 99.2 Å². The quantitative estimate of drug-likeness (QED) is 0.418. The molecule has 0 radical (unpaired) electrons. The number of phenols is 1. The average molecular weight is 374 g/mol. The van der Waals surface area contributed by atoms with Gasteiger partial charge in [-0.1, -0.05) is 0 Å². The van der Waals surface area contributed by atoms with E-state index in [0.29, 0.717) is 17.5 Å². The molecule has 1 aromatic carbocycles. The van der Waals surface area contributed by atoms with Gasteiger partial charge in [0.2, 0.25) is 0 Å². The van der Waals surface area contributed by atoms with E-state index in [-0.39, 0.29) is 11.3 Å². The molecule has 4 aliphatic rings. The molecule has 0 aliphatic heterocycles. The maximum atomic E-state index is 9.75. The molecule has 5 rings (SSSR count). The van der Waals surface area contributed by atoms with Crippen LogP contribution in [-0.4, -0.2) is 28.6 Å². The summed E-state index contributed by atoms with van der Waals surface area (Å²) in [6.45, 7) is 2.39. The van der Waals surface area contributed by atoms with Gasteiger partial charge in [0, 0.05) is 5.54 Å². The van der Waals surface area contributed by atoms with Gasteiger partial charge in [0.25, 0.3) is 0 Å². The van der Waals surface area contributed by atoms with E-state index in [0.717, 1.165) is 23.3 Å². The minimum absolute atomic E-state index is 0.135. The van der Waals surface area contributed by atoms with Crippen molar-refractivity contribution in [1.82, 2.24) is 10.7 Å². The van der Waals surface area contributed by atoms with Gasteiger partial charge in [-0.3, -0.25) is 5.43 Å². The summed E-state index contributed by atoms with van der Waals surface area (Å²) in [6.07, 6.45) is 9.70. The van der Waals surface area contributed by atoms with Crippen LogP contribution in [0.4, 0.5) is 0 Å². The van der Waals surface area contributed by atoms with Crippen LogP contribution >= 0.6 is 12.2 Å². The van der Waals surface area contributed by atoms with Crippen LogP contribution in [0.15, 0.2) is 23.3 Å². The van der Waals surface area contributed by atoms with Crippen LogP contribution in [0.1, 0.15) is 51.0 Å². The van der Waals surface area contributed by atoms with Crippen molar-refractivity contribution >= 4 is 23.5 Å². The highest BCUT2D eigenvalue weighted by Crippen LogP contribution is 2.55. The predicted octanol–water partition coefficient (Wildman–Crippen LogP) is 3.56. The van der Waals surface area contributed by atoms with Crippen molar-refractivity contribution in [3.05, 3.63) is 23.8 Å². The van der Waals surface area contributed by atoms with Crippen LogP contribution in [0.5, 0.6) is 11.5 Å². The molecule has 26 heavy (non-hydrogen) atoms.